The van der Waals surface area contributed by atoms with Crippen LogP contribution in [0.2, 0.25) is 0 Å². The quantitative estimate of drug-likeness (QED) is 0.136. The minimum absolute atomic E-state index is 0.366. The molecular weight excluding hydrogens is 529 g/mol. The Labute approximate surface area is 227 Å². The molecule has 0 fully saturated rings. The van der Waals surface area contributed by atoms with Crippen LogP contribution in [-0.2, 0) is 20.2 Å². The van der Waals surface area contributed by atoms with Gasteiger partial charge in [0.05, 0.1) is 0 Å². The van der Waals surface area contributed by atoms with Gasteiger partial charge in [0.1, 0.15) is 0 Å². The SMILES string of the molecule is CCCCCCCCCCCc1ccc(S(OS(=O)(=O)C(F)(F)F)(c2ccccc2)c2ccccc2)cc1. The van der Waals surface area contributed by atoms with Gasteiger partial charge in [-0.05, 0) is 65.1 Å². The molecule has 0 N–H and O–H groups in total. The molecule has 8 heteroatoms. The third kappa shape index (κ3) is 7.87. The van der Waals surface area contributed by atoms with E-state index < -0.39 is 25.9 Å². The van der Waals surface area contributed by atoms with Crippen LogP contribution in [0.15, 0.2) is 99.6 Å². The lowest BCUT2D eigenvalue weighted by Gasteiger charge is -2.39. The van der Waals surface area contributed by atoms with Gasteiger partial charge in [0, 0.05) is 14.7 Å². The van der Waals surface area contributed by atoms with Crippen LogP contribution in [0.1, 0.15) is 70.3 Å². The summed E-state index contributed by atoms with van der Waals surface area (Å²) in [4.78, 5) is 1.12. The van der Waals surface area contributed by atoms with E-state index in [9.17, 15) is 21.6 Å². The topological polar surface area (TPSA) is 43.4 Å². The number of hydrogen-bond donors (Lipinski definition) is 0. The van der Waals surface area contributed by atoms with Crippen LogP contribution in [0.3, 0.4) is 0 Å². The van der Waals surface area contributed by atoms with Crippen molar-refractivity contribution in [2.24, 2.45) is 0 Å². The van der Waals surface area contributed by atoms with Crippen molar-refractivity contribution in [2.75, 3.05) is 0 Å². The molecule has 3 aromatic carbocycles. The maximum Gasteiger partial charge on any atom is 0.524 e. The molecule has 0 radical (unpaired) electrons. The van der Waals surface area contributed by atoms with Crippen molar-refractivity contribution >= 4 is 20.4 Å². The Balaban J connectivity index is 1.85. The van der Waals surface area contributed by atoms with E-state index in [1.54, 1.807) is 72.8 Å². The van der Waals surface area contributed by atoms with Crippen LogP contribution in [0.5, 0.6) is 0 Å². The van der Waals surface area contributed by atoms with Crippen LogP contribution in [-0.4, -0.2) is 13.9 Å². The van der Waals surface area contributed by atoms with Gasteiger partial charge in [-0.1, -0.05) is 107 Å². The molecule has 0 aliphatic rings. The van der Waals surface area contributed by atoms with Gasteiger partial charge in [0.2, 0.25) is 0 Å². The van der Waals surface area contributed by atoms with E-state index in [2.05, 4.69) is 6.92 Å². The molecule has 208 valence electrons. The monoisotopic (exact) mass is 566 g/mol. The van der Waals surface area contributed by atoms with Gasteiger partial charge in [-0.3, -0.25) is 0 Å². The summed E-state index contributed by atoms with van der Waals surface area (Å²) in [6.07, 6.45) is 11.9. The lowest BCUT2D eigenvalue weighted by Crippen LogP contribution is -2.27. The third-order valence-corrected chi connectivity index (χ3v) is 11.4. The number of alkyl halides is 3. The van der Waals surface area contributed by atoms with Crippen molar-refractivity contribution in [3.05, 3.63) is 90.5 Å². The highest BCUT2D eigenvalue weighted by Crippen LogP contribution is 2.70. The van der Waals surface area contributed by atoms with E-state index in [1.807, 2.05) is 12.1 Å². The summed E-state index contributed by atoms with van der Waals surface area (Å²) < 4.78 is 70.9. The van der Waals surface area contributed by atoms with Crippen LogP contribution >= 0.6 is 10.3 Å². The minimum Gasteiger partial charge on any atom is -0.200 e. The van der Waals surface area contributed by atoms with Crippen molar-refractivity contribution in [3.63, 3.8) is 0 Å². The maximum atomic E-state index is 13.6. The van der Waals surface area contributed by atoms with Gasteiger partial charge in [0.25, 0.3) is 0 Å². The molecule has 3 nitrogen and oxygen atoms in total. The zero-order valence-electron chi connectivity index (χ0n) is 21.8. The largest absolute Gasteiger partial charge is 0.524 e. The normalized spacial score (nSPS) is 12.9. The lowest BCUT2D eigenvalue weighted by molar-refractivity contribution is -0.0496. The smallest absolute Gasteiger partial charge is 0.200 e. The van der Waals surface area contributed by atoms with E-state index in [0.717, 1.165) is 24.8 Å². The Morgan fingerprint density at radius 3 is 1.47 bits per heavy atom. The highest BCUT2D eigenvalue weighted by atomic mass is 32.3. The number of unbranched alkanes of at least 4 members (excludes halogenated alkanes) is 8. The first kappa shape index (κ1) is 30.3. The molecule has 3 aromatic rings. The van der Waals surface area contributed by atoms with Gasteiger partial charge in [-0.25, -0.2) is 0 Å². The first-order valence-corrected chi connectivity index (χ1v) is 16.2. The molecule has 0 amide bonds. The molecule has 0 aliphatic heterocycles. The van der Waals surface area contributed by atoms with Crippen LogP contribution < -0.4 is 0 Å². The van der Waals surface area contributed by atoms with Crippen LogP contribution in [0, 0.1) is 0 Å². The average Bonchev–Trinajstić information content (AvgIpc) is 2.91. The lowest BCUT2D eigenvalue weighted by atomic mass is 10.0. The second-order valence-electron chi connectivity index (χ2n) is 9.37. The number of hydrogen-bond acceptors (Lipinski definition) is 3. The summed E-state index contributed by atoms with van der Waals surface area (Å²) in [7, 11) is -9.14. The van der Waals surface area contributed by atoms with E-state index >= 15 is 0 Å². The fraction of sp³-hybridized carbons (Fsp3) is 0.400. The zero-order valence-corrected chi connectivity index (χ0v) is 23.5. The van der Waals surface area contributed by atoms with Gasteiger partial charge in [0.15, 0.2) is 0 Å². The Hall–Kier alpha value is -2.29. The average molecular weight is 567 g/mol. The highest BCUT2D eigenvalue weighted by molar-refractivity contribution is 8.33. The summed E-state index contributed by atoms with van der Waals surface area (Å²) in [5.41, 5.74) is -4.49. The van der Waals surface area contributed by atoms with Crippen molar-refractivity contribution in [3.8, 4) is 0 Å². The van der Waals surface area contributed by atoms with Crippen LogP contribution in [0.25, 0.3) is 0 Å². The molecular formula is C30H37F3O3S2. The molecule has 0 aliphatic carbocycles. The second kappa shape index (κ2) is 14.2. The van der Waals surface area contributed by atoms with Gasteiger partial charge in [-0.15, -0.1) is 0 Å². The number of halogens is 3. The fourth-order valence-electron chi connectivity index (χ4n) is 4.41. The molecule has 0 aromatic heterocycles. The molecule has 0 spiro atoms. The van der Waals surface area contributed by atoms with Crippen molar-refractivity contribution in [2.45, 2.75) is 91.3 Å². The Kier molecular flexibility index (Phi) is 11.3. The molecule has 0 saturated heterocycles. The summed E-state index contributed by atoms with van der Waals surface area (Å²) in [5, 5.41) is 0. The Morgan fingerprint density at radius 1 is 0.605 bits per heavy atom. The second-order valence-corrected chi connectivity index (χ2v) is 13.8. The number of benzene rings is 3. The first-order valence-electron chi connectivity index (χ1n) is 13.3. The predicted molar refractivity (Wildman–Crippen MR) is 149 cm³/mol. The van der Waals surface area contributed by atoms with Gasteiger partial charge < -0.3 is 0 Å². The molecule has 0 heterocycles. The van der Waals surface area contributed by atoms with E-state index in [-0.39, 0.29) is 0 Å². The molecule has 0 saturated carbocycles. The zero-order chi connectivity index (χ0) is 27.5. The molecule has 0 unspecified atom stereocenters. The summed E-state index contributed by atoms with van der Waals surface area (Å²) >= 11 is 0. The van der Waals surface area contributed by atoms with Crippen molar-refractivity contribution in [1.29, 1.82) is 0 Å². The number of rotatable bonds is 15. The van der Waals surface area contributed by atoms with Gasteiger partial charge >= 0.3 is 15.6 Å². The molecule has 0 atom stereocenters. The van der Waals surface area contributed by atoms with Crippen LogP contribution in [0.4, 0.5) is 13.2 Å². The molecule has 3 rings (SSSR count). The van der Waals surface area contributed by atoms with Crippen molar-refractivity contribution in [1.82, 2.24) is 0 Å². The van der Waals surface area contributed by atoms with E-state index in [0.29, 0.717) is 14.7 Å². The highest BCUT2D eigenvalue weighted by Gasteiger charge is 2.52. The Bertz CT molecular complexity index is 1160. The van der Waals surface area contributed by atoms with Crippen molar-refractivity contribution < 1.29 is 25.2 Å². The fourth-order valence-corrected chi connectivity index (χ4v) is 9.15. The third-order valence-electron chi connectivity index (χ3n) is 6.45. The van der Waals surface area contributed by atoms with Gasteiger partial charge in [-0.2, -0.15) is 25.2 Å². The summed E-state index contributed by atoms with van der Waals surface area (Å²) in [6.45, 7) is 2.22. The first-order chi connectivity index (χ1) is 18.2. The minimum atomic E-state index is -5.90. The predicted octanol–water partition coefficient (Wildman–Crippen LogP) is 9.82. The number of aryl methyl sites for hydroxylation is 1. The van der Waals surface area contributed by atoms with E-state index in [1.165, 1.54) is 44.9 Å². The van der Waals surface area contributed by atoms with E-state index in [4.69, 9.17) is 3.63 Å². The molecule has 38 heavy (non-hydrogen) atoms. The molecule has 0 bridgehead atoms. The maximum absolute atomic E-state index is 13.6. The summed E-state index contributed by atoms with van der Waals surface area (Å²) in [6, 6.07) is 23.8. The summed E-state index contributed by atoms with van der Waals surface area (Å²) in [5.74, 6) is 0. The standard InChI is InChI=1S/C30H37F3O3S2/c1-2-3-4-5-6-7-8-9-12-17-26-22-24-29(25-23-26)37(27-18-13-10-14-19-27,28-20-15-11-16-21-28)36-38(34,35)30(31,32)33/h10-11,13-16,18-25H,2-9,12,17H2,1H3. The Morgan fingerprint density at radius 2 is 1.03 bits per heavy atom.